The van der Waals surface area contributed by atoms with Crippen LogP contribution < -0.4 is 0 Å². The number of carbonyl (C=O) groups excluding carboxylic acids is 2. The first-order chi connectivity index (χ1) is 13.7. The Balaban J connectivity index is 1.82. The third kappa shape index (κ3) is 5.73. The van der Waals surface area contributed by atoms with E-state index in [2.05, 4.69) is 0 Å². The second-order valence-corrected chi connectivity index (χ2v) is 8.70. The summed E-state index contributed by atoms with van der Waals surface area (Å²) in [5, 5.41) is 0.637. The molecule has 2 aromatic carbocycles. The first-order valence-corrected chi connectivity index (χ1v) is 10.2. The Morgan fingerprint density at radius 1 is 1.03 bits per heavy atom. The van der Waals surface area contributed by atoms with Crippen LogP contribution in [0.5, 0.6) is 0 Å². The number of nitrogens with zero attached hydrogens (tertiary/aromatic N) is 2. The maximum Gasteiger partial charge on any atom is 0.411 e. The Kier molecular flexibility index (Phi) is 6.48. The molecule has 0 N–H and O–H groups in total. The molecule has 0 aliphatic carbocycles. The van der Waals surface area contributed by atoms with E-state index in [1.54, 1.807) is 17.0 Å². The Morgan fingerprint density at radius 2 is 1.69 bits per heavy atom. The third-order valence-electron chi connectivity index (χ3n) is 4.77. The largest absolute Gasteiger partial charge is 0.444 e. The van der Waals surface area contributed by atoms with Crippen LogP contribution in [-0.4, -0.2) is 46.5 Å². The number of halogens is 1. The van der Waals surface area contributed by atoms with Gasteiger partial charge in [0.05, 0.1) is 0 Å². The summed E-state index contributed by atoms with van der Waals surface area (Å²) in [6.45, 7) is 6.92. The first kappa shape index (κ1) is 21.2. The predicted octanol–water partition coefficient (Wildman–Crippen LogP) is 4.53. The van der Waals surface area contributed by atoms with Crippen molar-refractivity contribution in [3.63, 3.8) is 0 Å². The van der Waals surface area contributed by atoms with E-state index in [0.717, 1.165) is 11.1 Å². The van der Waals surface area contributed by atoms with Gasteiger partial charge in [-0.15, -0.1) is 0 Å². The van der Waals surface area contributed by atoms with Gasteiger partial charge in [-0.25, -0.2) is 4.79 Å². The fraction of sp³-hybridized carbons (Fsp3) is 0.391. The number of amides is 2. The highest BCUT2D eigenvalue weighted by Crippen LogP contribution is 2.22. The molecule has 0 radical (unpaired) electrons. The van der Waals surface area contributed by atoms with E-state index >= 15 is 0 Å². The number of benzene rings is 2. The van der Waals surface area contributed by atoms with Crippen molar-refractivity contribution in [3.05, 3.63) is 70.7 Å². The van der Waals surface area contributed by atoms with Gasteiger partial charge >= 0.3 is 6.09 Å². The van der Waals surface area contributed by atoms with E-state index < -0.39 is 17.7 Å². The molecule has 2 aromatic rings. The zero-order valence-corrected chi connectivity index (χ0v) is 17.9. The molecule has 2 amide bonds. The molecule has 1 heterocycles. The fourth-order valence-corrected chi connectivity index (χ4v) is 3.51. The highest BCUT2D eigenvalue weighted by Gasteiger charge is 2.39. The molecule has 154 valence electrons. The van der Waals surface area contributed by atoms with Gasteiger partial charge in [0.15, 0.2) is 0 Å². The van der Waals surface area contributed by atoms with Gasteiger partial charge in [0.1, 0.15) is 11.6 Å². The van der Waals surface area contributed by atoms with Crippen molar-refractivity contribution in [2.45, 2.75) is 45.4 Å². The van der Waals surface area contributed by atoms with E-state index in [9.17, 15) is 9.59 Å². The van der Waals surface area contributed by atoms with Crippen molar-refractivity contribution in [1.82, 2.24) is 9.80 Å². The monoisotopic (exact) mass is 414 g/mol. The molecule has 1 aliphatic rings. The second kappa shape index (κ2) is 8.87. The molecule has 0 aromatic heterocycles. The molecule has 5 nitrogen and oxygen atoms in total. The lowest BCUT2D eigenvalue weighted by molar-refractivity contribution is -0.142. The van der Waals surface area contributed by atoms with Gasteiger partial charge in [0, 0.05) is 31.1 Å². The standard InChI is InChI=1S/C23H27ClN2O3/c1-23(2,3)29-22(28)26-14-13-25(16-18-7-5-4-6-8-18)21(27)20(26)15-17-9-11-19(24)12-10-17/h4-12,20H,13-16H2,1-3H3/t20-/m0/s1. The van der Waals surface area contributed by atoms with Crippen molar-refractivity contribution < 1.29 is 14.3 Å². The smallest absolute Gasteiger partial charge is 0.411 e. The van der Waals surface area contributed by atoms with Crippen LogP contribution in [0.1, 0.15) is 31.9 Å². The van der Waals surface area contributed by atoms with Crippen molar-refractivity contribution in [3.8, 4) is 0 Å². The van der Waals surface area contributed by atoms with Gasteiger partial charge < -0.3 is 9.64 Å². The molecule has 0 bridgehead atoms. The minimum absolute atomic E-state index is 0.0686. The van der Waals surface area contributed by atoms with Crippen LogP contribution in [0.4, 0.5) is 4.79 Å². The summed E-state index contributed by atoms with van der Waals surface area (Å²) in [4.78, 5) is 29.5. The van der Waals surface area contributed by atoms with E-state index in [4.69, 9.17) is 16.3 Å². The molecule has 3 rings (SSSR count). The topological polar surface area (TPSA) is 49.9 Å². The predicted molar refractivity (Wildman–Crippen MR) is 114 cm³/mol. The average Bonchev–Trinajstić information content (AvgIpc) is 2.66. The summed E-state index contributed by atoms with van der Waals surface area (Å²) in [5.74, 6) is -0.0686. The van der Waals surface area contributed by atoms with Crippen LogP contribution >= 0.6 is 11.6 Å². The summed E-state index contributed by atoms with van der Waals surface area (Å²) in [7, 11) is 0. The molecule has 6 heteroatoms. The first-order valence-electron chi connectivity index (χ1n) is 9.80. The van der Waals surface area contributed by atoms with Crippen LogP contribution in [0.15, 0.2) is 54.6 Å². The Bertz CT molecular complexity index is 847. The maximum atomic E-state index is 13.3. The minimum atomic E-state index is -0.619. The summed E-state index contributed by atoms with van der Waals surface area (Å²) in [6.07, 6.45) is -0.0373. The van der Waals surface area contributed by atoms with Crippen molar-refractivity contribution in [1.29, 1.82) is 0 Å². The van der Waals surface area contributed by atoms with Gasteiger partial charge in [-0.1, -0.05) is 54.1 Å². The molecule has 1 aliphatic heterocycles. The summed E-state index contributed by atoms with van der Waals surface area (Å²) in [6, 6.07) is 16.6. The zero-order valence-electron chi connectivity index (χ0n) is 17.1. The highest BCUT2D eigenvalue weighted by atomic mass is 35.5. The van der Waals surface area contributed by atoms with E-state index in [-0.39, 0.29) is 5.91 Å². The molecule has 0 spiro atoms. The number of piperazine rings is 1. The molecule has 1 saturated heterocycles. The molecular formula is C23H27ClN2O3. The third-order valence-corrected chi connectivity index (χ3v) is 5.02. The number of ether oxygens (including phenoxy) is 1. The van der Waals surface area contributed by atoms with E-state index in [1.807, 2.05) is 68.1 Å². The Hall–Kier alpha value is -2.53. The summed E-state index contributed by atoms with van der Waals surface area (Å²) >= 11 is 5.99. The number of rotatable bonds is 4. The SMILES string of the molecule is CC(C)(C)OC(=O)N1CCN(Cc2ccccc2)C(=O)[C@@H]1Cc1ccc(Cl)cc1. The number of carbonyl (C=O) groups is 2. The van der Waals surface area contributed by atoms with Crippen LogP contribution in [0.3, 0.4) is 0 Å². The normalized spacial score (nSPS) is 17.4. The van der Waals surface area contributed by atoms with Gasteiger partial charge in [0.2, 0.25) is 5.91 Å². The van der Waals surface area contributed by atoms with Crippen molar-refractivity contribution in [2.24, 2.45) is 0 Å². The van der Waals surface area contributed by atoms with Gasteiger partial charge in [-0.3, -0.25) is 9.69 Å². The second-order valence-electron chi connectivity index (χ2n) is 8.27. The maximum absolute atomic E-state index is 13.3. The Labute approximate surface area is 177 Å². The van der Waals surface area contributed by atoms with Gasteiger partial charge in [0.25, 0.3) is 0 Å². The minimum Gasteiger partial charge on any atom is -0.444 e. The molecule has 0 unspecified atom stereocenters. The van der Waals surface area contributed by atoms with Crippen LogP contribution in [-0.2, 0) is 22.5 Å². The fourth-order valence-electron chi connectivity index (χ4n) is 3.38. The van der Waals surface area contributed by atoms with Gasteiger partial charge in [-0.05, 0) is 44.0 Å². The molecule has 29 heavy (non-hydrogen) atoms. The quantitative estimate of drug-likeness (QED) is 0.738. The number of hydrogen-bond donors (Lipinski definition) is 0. The molecule has 1 atom stereocenters. The lowest BCUT2D eigenvalue weighted by Crippen LogP contribution is -2.59. The lowest BCUT2D eigenvalue weighted by atomic mass is 10.0. The lowest BCUT2D eigenvalue weighted by Gasteiger charge is -2.41. The highest BCUT2D eigenvalue weighted by molar-refractivity contribution is 6.30. The number of hydrogen-bond acceptors (Lipinski definition) is 3. The van der Waals surface area contributed by atoms with Crippen molar-refractivity contribution in [2.75, 3.05) is 13.1 Å². The van der Waals surface area contributed by atoms with Gasteiger partial charge in [-0.2, -0.15) is 0 Å². The molecule has 0 saturated carbocycles. The van der Waals surface area contributed by atoms with Crippen LogP contribution in [0, 0.1) is 0 Å². The zero-order chi connectivity index (χ0) is 21.0. The molecular weight excluding hydrogens is 388 g/mol. The summed E-state index contributed by atoms with van der Waals surface area (Å²) in [5.41, 5.74) is 1.39. The van der Waals surface area contributed by atoms with Crippen LogP contribution in [0.2, 0.25) is 5.02 Å². The van der Waals surface area contributed by atoms with Crippen LogP contribution in [0.25, 0.3) is 0 Å². The summed E-state index contributed by atoms with van der Waals surface area (Å²) < 4.78 is 5.56. The van der Waals surface area contributed by atoms with E-state index in [1.165, 1.54) is 0 Å². The Morgan fingerprint density at radius 3 is 2.31 bits per heavy atom. The molecule has 1 fully saturated rings. The average molecular weight is 415 g/mol. The van der Waals surface area contributed by atoms with Crippen molar-refractivity contribution >= 4 is 23.6 Å². The van der Waals surface area contributed by atoms with E-state index in [0.29, 0.717) is 31.1 Å².